The molecule has 0 unspecified atom stereocenters. The highest BCUT2D eigenvalue weighted by Crippen LogP contribution is 2.28. The Labute approximate surface area is 239 Å². The molecule has 1 aromatic heterocycles. The summed E-state index contributed by atoms with van der Waals surface area (Å²) in [5.41, 5.74) is 2.63. The average Bonchev–Trinajstić information content (AvgIpc) is 3.00. The molecule has 3 amide bonds. The predicted molar refractivity (Wildman–Crippen MR) is 152 cm³/mol. The van der Waals surface area contributed by atoms with Gasteiger partial charge in [-0.2, -0.15) is 0 Å². The number of carbonyl (C=O) groups is 3. The van der Waals surface area contributed by atoms with E-state index in [1.54, 1.807) is 29.2 Å². The maximum atomic E-state index is 13.5. The van der Waals surface area contributed by atoms with Gasteiger partial charge in [0.1, 0.15) is 12.4 Å². The molecule has 214 valence electrons. The van der Waals surface area contributed by atoms with E-state index in [0.29, 0.717) is 49.3 Å². The first-order valence-corrected chi connectivity index (χ1v) is 14.2. The van der Waals surface area contributed by atoms with Gasteiger partial charge in [0.25, 0.3) is 5.91 Å². The van der Waals surface area contributed by atoms with Crippen LogP contribution in [0.1, 0.15) is 48.5 Å². The third-order valence-corrected chi connectivity index (χ3v) is 7.94. The quantitative estimate of drug-likeness (QED) is 0.458. The number of benzene rings is 2. The van der Waals surface area contributed by atoms with Gasteiger partial charge in [-0.1, -0.05) is 42.5 Å². The molecule has 41 heavy (non-hydrogen) atoms. The minimum atomic E-state index is -0.358. The molecule has 0 bridgehead atoms. The zero-order valence-electron chi connectivity index (χ0n) is 23.2. The summed E-state index contributed by atoms with van der Waals surface area (Å²) in [7, 11) is 0. The SMILES string of the molecule is C[C@@H]1CN(C(=O)C2CCC(NC(=O)c3ccc(-c4cccc(F)c4)nc3)CC2)CCN1C(=O)OCc1ccccc1. The number of nitrogens with one attached hydrogen (secondary N) is 1. The van der Waals surface area contributed by atoms with Crippen molar-refractivity contribution in [1.82, 2.24) is 20.1 Å². The van der Waals surface area contributed by atoms with Crippen molar-refractivity contribution in [2.24, 2.45) is 5.92 Å². The minimum absolute atomic E-state index is 0.00963. The molecule has 1 saturated carbocycles. The molecule has 0 radical (unpaired) electrons. The molecule has 0 spiro atoms. The van der Waals surface area contributed by atoms with Crippen molar-refractivity contribution in [3.63, 3.8) is 0 Å². The zero-order chi connectivity index (χ0) is 28.8. The summed E-state index contributed by atoms with van der Waals surface area (Å²) >= 11 is 0. The third kappa shape index (κ3) is 7.09. The molecule has 8 nitrogen and oxygen atoms in total. The van der Waals surface area contributed by atoms with Crippen molar-refractivity contribution in [3.8, 4) is 11.3 Å². The lowest BCUT2D eigenvalue weighted by atomic mass is 9.84. The molecule has 1 aliphatic heterocycles. The molecule has 1 atom stereocenters. The van der Waals surface area contributed by atoms with Crippen molar-refractivity contribution >= 4 is 17.9 Å². The van der Waals surface area contributed by atoms with E-state index >= 15 is 0 Å². The molecule has 3 aromatic rings. The molecule has 1 saturated heterocycles. The van der Waals surface area contributed by atoms with Crippen LogP contribution in [0.15, 0.2) is 72.9 Å². The Kier molecular flexibility index (Phi) is 8.91. The number of aromatic nitrogens is 1. The van der Waals surface area contributed by atoms with Gasteiger partial charge in [0, 0.05) is 49.4 Å². The fraction of sp³-hybridized carbons (Fsp3) is 0.375. The second-order valence-electron chi connectivity index (χ2n) is 10.8. The Balaban J connectivity index is 1.06. The average molecular weight is 559 g/mol. The molecule has 2 heterocycles. The molecular weight excluding hydrogens is 523 g/mol. The number of pyridine rings is 1. The van der Waals surface area contributed by atoms with Gasteiger partial charge in [0.2, 0.25) is 5.91 Å². The van der Waals surface area contributed by atoms with E-state index < -0.39 is 0 Å². The summed E-state index contributed by atoms with van der Waals surface area (Å²) < 4.78 is 19.0. The summed E-state index contributed by atoms with van der Waals surface area (Å²) in [6.07, 6.45) is 3.99. The van der Waals surface area contributed by atoms with Gasteiger partial charge in [-0.05, 0) is 62.4 Å². The van der Waals surface area contributed by atoms with Crippen molar-refractivity contribution in [1.29, 1.82) is 0 Å². The smallest absolute Gasteiger partial charge is 0.410 e. The summed E-state index contributed by atoms with van der Waals surface area (Å²) in [5, 5.41) is 3.07. The number of hydrogen-bond donors (Lipinski definition) is 1. The standard InChI is InChI=1S/C32H35FN4O4/c1-22-20-36(16-17-37(22)32(40)41-21-23-6-3-2-4-7-23)31(39)24-10-13-28(14-11-24)35-30(38)26-12-15-29(34-19-26)25-8-5-9-27(33)18-25/h2-9,12,15,18-19,22,24,28H,10-11,13-14,16-17,20-21H2,1H3,(H,35,38)/t22-,24?,28?/m1/s1. The Morgan fingerprint density at radius 1 is 0.976 bits per heavy atom. The molecule has 1 aliphatic carbocycles. The van der Waals surface area contributed by atoms with E-state index in [2.05, 4.69) is 10.3 Å². The minimum Gasteiger partial charge on any atom is -0.445 e. The fourth-order valence-electron chi connectivity index (χ4n) is 5.59. The number of nitrogens with zero attached hydrogens (tertiary/aromatic N) is 3. The highest BCUT2D eigenvalue weighted by atomic mass is 19.1. The molecule has 2 aliphatic rings. The summed E-state index contributed by atoms with van der Waals surface area (Å²) in [6.45, 7) is 3.57. The van der Waals surface area contributed by atoms with Crippen LogP contribution in [-0.4, -0.2) is 64.4 Å². The Morgan fingerprint density at radius 2 is 1.76 bits per heavy atom. The number of amides is 3. The second kappa shape index (κ2) is 12.9. The molecule has 2 fully saturated rings. The normalized spacial score (nSPS) is 20.8. The fourth-order valence-corrected chi connectivity index (χ4v) is 5.59. The van der Waals surface area contributed by atoms with Gasteiger partial charge in [-0.25, -0.2) is 9.18 Å². The Morgan fingerprint density at radius 3 is 2.44 bits per heavy atom. The lowest BCUT2D eigenvalue weighted by Gasteiger charge is -2.41. The number of rotatable bonds is 6. The van der Waals surface area contributed by atoms with E-state index in [0.717, 1.165) is 18.4 Å². The zero-order valence-corrected chi connectivity index (χ0v) is 23.2. The van der Waals surface area contributed by atoms with Crippen LogP contribution in [0.25, 0.3) is 11.3 Å². The van der Waals surface area contributed by atoms with Crippen LogP contribution in [0, 0.1) is 11.7 Å². The number of carbonyl (C=O) groups excluding carboxylic acids is 3. The predicted octanol–water partition coefficient (Wildman–Crippen LogP) is 5.05. The lowest BCUT2D eigenvalue weighted by Crippen LogP contribution is -2.56. The topological polar surface area (TPSA) is 91.8 Å². The van der Waals surface area contributed by atoms with E-state index in [1.807, 2.05) is 42.2 Å². The van der Waals surface area contributed by atoms with Gasteiger partial charge >= 0.3 is 6.09 Å². The van der Waals surface area contributed by atoms with Crippen molar-refractivity contribution in [2.75, 3.05) is 19.6 Å². The highest BCUT2D eigenvalue weighted by Gasteiger charge is 2.35. The van der Waals surface area contributed by atoms with Crippen LogP contribution in [0.5, 0.6) is 0 Å². The highest BCUT2D eigenvalue weighted by molar-refractivity contribution is 5.94. The summed E-state index contributed by atoms with van der Waals surface area (Å²) in [6, 6.07) is 19.0. The van der Waals surface area contributed by atoms with Crippen LogP contribution < -0.4 is 5.32 Å². The largest absolute Gasteiger partial charge is 0.445 e. The third-order valence-electron chi connectivity index (χ3n) is 7.94. The van der Waals surface area contributed by atoms with Gasteiger partial charge < -0.3 is 19.9 Å². The van der Waals surface area contributed by atoms with Gasteiger partial charge in [0.15, 0.2) is 0 Å². The van der Waals surface area contributed by atoms with E-state index in [4.69, 9.17) is 4.74 Å². The van der Waals surface area contributed by atoms with E-state index in [-0.39, 0.29) is 48.3 Å². The molecule has 1 N–H and O–H groups in total. The maximum Gasteiger partial charge on any atom is 0.410 e. The van der Waals surface area contributed by atoms with Crippen LogP contribution in [-0.2, 0) is 16.1 Å². The maximum absolute atomic E-state index is 13.5. The van der Waals surface area contributed by atoms with E-state index in [1.165, 1.54) is 18.3 Å². The van der Waals surface area contributed by atoms with E-state index in [9.17, 15) is 18.8 Å². The number of halogens is 1. The molecule has 9 heteroatoms. The molecule has 5 rings (SSSR count). The second-order valence-corrected chi connectivity index (χ2v) is 10.8. The van der Waals surface area contributed by atoms with Crippen LogP contribution >= 0.6 is 0 Å². The number of hydrogen-bond acceptors (Lipinski definition) is 5. The van der Waals surface area contributed by atoms with Crippen LogP contribution in [0.2, 0.25) is 0 Å². The summed E-state index contributed by atoms with van der Waals surface area (Å²) in [5.74, 6) is -0.506. The molecule has 2 aromatic carbocycles. The number of piperazine rings is 1. The van der Waals surface area contributed by atoms with Crippen LogP contribution in [0.3, 0.4) is 0 Å². The Hall–Kier alpha value is -4.27. The Bertz CT molecular complexity index is 1360. The van der Waals surface area contributed by atoms with Gasteiger partial charge in [0.05, 0.1) is 11.3 Å². The first kappa shape index (κ1) is 28.3. The summed E-state index contributed by atoms with van der Waals surface area (Å²) in [4.78, 5) is 46.6. The number of ether oxygens (including phenoxy) is 1. The monoisotopic (exact) mass is 558 g/mol. The van der Waals surface area contributed by atoms with Crippen molar-refractivity contribution in [2.45, 2.75) is 51.3 Å². The first-order valence-electron chi connectivity index (χ1n) is 14.2. The van der Waals surface area contributed by atoms with Crippen molar-refractivity contribution < 1.29 is 23.5 Å². The van der Waals surface area contributed by atoms with Crippen molar-refractivity contribution in [3.05, 3.63) is 89.9 Å². The lowest BCUT2D eigenvalue weighted by molar-refractivity contribution is -0.139. The van der Waals surface area contributed by atoms with Crippen LogP contribution in [0.4, 0.5) is 9.18 Å². The van der Waals surface area contributed by atoms with Gasteiger partial charge in [-0.15, -0.1) is 0 Å². The molecular formula is C32H35FN4O4. The first-order chi connectivity index (χ1) is 19.9. The van der Waals surface area contributed by atoms with Gasteiger partial charge in [-0.3, -0.25) is 14.6 Å².